The molecule has 0 atom stereocenters. The molecule has 174 valence electrons. The Hall–Kier alpha value is -3.82. The smallest absolute Gasteiger partial charge is 0.319 e. The first kappa shape index (κ1) is 23.3. The molecule has 0 fully saturated rings. The Morgan fingerprint density at radius 2 is 1.71 bits per heavy atom. The first-order chi connectivity index (χ1) is 16.2. The molecule has 11 heteroatoms. The van der Waals surface area contributed by atoms with Gasteiger partial charge in [0.25, 0.3) is 5.91 Å². The van der Waals surface area contributed by atoms with Crippen LogP contribution in [0, 0.1) is 5.82 Å². The van der Waals surface area contributed by atoms with Crippen LogP contribution in [0.2, 0.25) is 10.0 Å². The predicted octanol–water partition coefficient (Wildman–Crippen LogP) is 4.77. The molecule has 34 heavy (non-hydrogen) atoms. The van der Waals surface area contributed by atoms with Crippen molar-refractivity contribution < 1.29 is 24.5 Å². The number of rotatable bonds is 5. The maximum atomic E-state index is 14.2. The van der Waals surface area contributed by atoms with Gasteiger partial charge >= 0.3 is 6.01 Å². The van der Waals surface area contributed by atoms with Crippen LogP contribution in [-0.4, -0.2) is 47.9 Å². The number of amides is 1. The van der Waals surface area contributed by atoms with Crippen LogP contribution in [0.3, 0.4) is 0 Å². The minimum Gasteiger partial charge on any atom is -0.507 e. The van der Waals surface area contributed by atoms with E-state index in [0.717, 1.165) is 11.0 Å². The molecular formula is C23H17Cl2FN4O4. The third-order valence-electron chi connectivity index (χ3n) is 5.13. The second kappa shape index (κ2) is 9.20. The van der Waals surface area contributed by atoms with Crippen molar-refractivity contribution in [1.29, 1.82) is 0 Å². The Balaban J connectivity index is 1.76. The van der Waals surface area contributed by atoms with Crippen molar-refractivity contribution in [1.82, 2.24) is 19.7 Å². The fourth-order valence-corrected chi connectivity index (χ4v) is 3.87. The number of benzene rings is 3. The molecule has 3 aromatic carbocycles. The quantitative estimate of drug-likeness (QED) is 0.362. The van der Waals surface area contributed by atoms with E-state index in [4.69, 9.17) is 23.2 Å². The van der Waals surface area contributed by atoms with E-state index in [2.05, 4.69) is 10.2 Å². The van der Waals surface area contributed by atoms with Crippen molar-refractivity contribution in [2.75, 3.05) is 7.05 Å². The second-order valence-corrected chi connectivity index (χ2v) is 8.17. The van der Waals surface area contributed by atoms with Gasteiger partial charge in [-0.2, -0.15) is 0 Å². The number of aromatic nitrogens is 3. The Kier molecular flexibility index (Phi) is 6.32. The van der Waals surface area contributed by atoms with Crippen molar-refractivity contribution in [2.24, 2.45) is 0 Å². The van der Waals surface area contributed by atoms with Gasteiger partial charge < -0.3 is 20.2 Å². The zero-order valence-corrected chi connectivity index (χ0v) is 19.1. The number of phenolic OH excluding ortho intramolecular Hbond substituents is 2. The number of nitrogens with zero attached hydrogens (tertiary/aromatic N) is 4. The molecule has 1 amide bonds. The van der Waals surface area contributed by atoms with Gasteiger partial charge in [-0.05, 0) is 30.3 Å². The highest BCUT2D eigenvalue weighted by Gasteiger charge is 2.25. The Morgan fingerprint density at radius 1 is 1.00 bits per heavy atom. The van der Waals surface area contributed by atoms with Crippen LogP contribution in [-0.2, 0) is 6.54 Å². The highest BCUT2D eigenvalue weighted by molar-refractivity contribution is 6.32. The number of carbonyl (C=O) groups excluding carboxylic acids is 1. The number of halogens is 3. The van der Waals surface area contributed by atoms with Crippen molar-refractivity contribution in [3.8, 4) is 34.6 Å². The highest BCUT2D eigenvalue weighted by Crippen LogP contribution is 2.38. The van der Waals surface area contributed by atoms with Gasteiger partial charge in [-0.1, -0.05) is 46.5 Å². The molecule has 0 radical (unpaired) electrons. The van der Waals surface area contributed by atoms with Crippen LogP contribution in [0.15, 0.2) is 54.6 Å². The lowest BCUT2D eigenvalue weighted by Crippen LogP contribution is -2.27. The van der Waals surface area contributed by atoms with Crippen molar-refractivity contribution >= 4 is 29.1 Å². The number of hydrogen-bond acceptors (Lipinski definition) is 6. The summed E-state index contributed by atoms with van der Waals surface area (Å²) in [4.78, 5) is 14.3. The average molecular weight is 503 g/mol. The largest absolute Gasteiger partial charge is 0.507 e. The first-order valence-electron chi connectivity index (χ1n) is 9.83. The van der Waals surface area contributed by atoms with Crippen molar-refractivity contribution in [3.63, 3.8) is 0 Å². The summed E-state index contributed by atoms with van der Waals surface area (Å²) in [7, 11) is 1.41. The normalized spacial score (nSPS) is 10.9. The zero-order chi connectivity index (χ0) is 24.6. The van der Waals surface area contributed by atoms with Gasteiger partial charge in [0.1, 0.15) is 17.3 Å². The van der Waals surface area contributed by atoms with E-state index in [1.54, 1.807) is 24.3 Å². The molecule has 4 aromatic rings. The minimum absolute atomic E-state index is 0.00815. The first-order valence-corrected chi connectivity index (χ1v) is 10.6. The van der Waals surface area contributed by atoms with Gasteiger partial charge in [-0.15, -0.1) is 5.10 Å². The average Bonchev–Trinajstić information content (AvgIpc) is 3.17. The van der Waals surface area contributed by atoms with Crippen molar-refractivity contribution in [3.05, 3.63) is 81.6 Å². The van der Waals surface area contributed by atoms with Gasteiger partial charge in [0.2, 0.25) is 0 Å². The van der Waals surface area contributed by atoms with Gasteiger partial charge in [0.15, 0.2) is 5.82 Å². The lowest BCUT2D eigenvalue weighted by atomic mass is 10.1. The fourth-order valence-electron chi connectivity index (χ4n) is 3.43. The van der Waals surface area contributed by atoms with Gasteiger partial charge in [-0.25, -0.2) is 8.96 Å². The summed E-state index contributed by atoms with van der Waals surface area (Å²) >= 11 is 12.3. The summed E-state index contributed by atoms with van der Waals surface area (Å²) in [6.45, 7) is -0.170. The molecule has 8 nitrogen and oxygen atoms in total. The Morgan fingerprint density at radius 3 is 2.41 bits per heavy atom. The van der Waals surface area contributed by atoms with E-state index in [9.17, 15) is 24.5 Å². The summed E-state index contributed by atoms with van der Waals surface area (Å²) in [5, 5.41) is 39.1. The van der Waals surface area contributed by atoms with Crippen molar-refractivity contribution in [2.45, 2.75) is 6.54 Å². The van der Waals surface area contributed by atoms with E-state index >= 15 is 0 Å². The van der Waals surface area contributed by atoms with E-state index < -0.39 is 29.2 Å². The van der Waals surface area contributed by atoms with Crippen LogP contribution >= 0.6 is 23.2 Å². The fraction of sp³-hybridized carbons (Fsp3) is 0.0870. The molecule has 3 N–H and O–H groups in total. The van der Waals surface area contributed by atoms with Gasteiger partial charge in [-0.3, -0.25) is 4.79 Å². The lowest BCUT2D eigenvalue weighted by molar-refractivity contribution is 0.0781. The molecule has 0 spiro atoms. The molecule has 0 aliphatic carbocycles. The monoisotopic (exact) mass is 502 g/mol. The molecule has 4 rings (SSSR count). The summed E-state index contributed by atoms with van der Waals surface area (Å²) in [6, 6.07) is 12.4. The summed E-state index contributed by atoms with van der Waals surface area (Å²) in [5.41, 5.74) is 0.234. The molecule has 0 bridgehead atoms. The highest BCUT2D eigenvalue weighted by atomic mass is 35.5. The third-order valence-corrected chi connectivity index (χ3v) is 5.80. The van der Waals surface area contributed by atoms with E-state index in [1.807, 2.05) is 0 Å². The second-order valence-electron chi connectivity index (χ2n) is 7.36. The van der Waals surface area contributed by atoms with Crippen LogP contribution in [0.5, 0.6) is 17.5 Å². The maximum Gasteiger partial charge on any atom is 0.319 e. The number of aromatic hydroxyl groups is 3. The summed E-state index contributed by atoms with van der Waals surface area (Å²) in [6.07, 6.45) is 0. The molecule has 1 aromatic heterocycles. The number of phenols is 2. The van der Waals surface area contributed by atoms with Crippen LogP contribution in [0.1, 0.15) is 15.9 Å². The molecule has 0 unspecified atom stereocenters. The summed E-state index contributed by atoms with van der Waals surface area (Å²) < 4.78 is 15.4. The molecule has 0 aliphatic rings. The minimum atomic E-state index is -0.675. The number of para-hydroxylation sites is 1. The zero-order valence-electron chi connectivity index (χ0n) is 17.6. The maximum absolute atomic E-state index is 14.2. The standard InChI is InChI=1S/C23H17Cl2FN4O4/c1-29(11-14-15(24)6-4-7-17(14)26)22(33)13-9-12(19(31)10-20(13)32)21-27-28-23(34)30(21)18-8-3-2-5-16(18)25/h2-10,31-32H,11H2,1H3,(H,28,34). The lowest BCUT2D eigenvalue weighted by Gasteiger charge is -2.20. The van der Waals surface area contributed by atoms with Gasteiger partial charge in [0.05, 0.1) is 21.8 Å². The molecule has 0 saturated carbocycles. The van der Waals surface area contributed by atoms with Gasteiger partial charge in [0, 0.05) is 30.2 Å². The molecule has 0 aliphatic heterocycles. The van der Waals surface area contributed by atoms with Crippen LogP contribution < -0.4 is 0 Å². The Bertz CT molecular complexity index is 1390. The van der Waals surface area contributed by atoms with E-state index in [1.165, 1.54) is 35.9 Å². The van der Waals surface area contributed by atoms with E-state index in [0.29, 0.717) is 5.69 Å². The summed E-state index contributed by atoms with van der Waals surface area (Å²) in [5.74, 6) is -2.21. The third kappa shape index (κ3) is 4.23. The number of carbonyl (C=O) groups is 1. The van der Waals surface area contributed by atoms with E-state index in [-0.39, 0.29) is 39.1 Å². The van der Waals surface area contributed by atoms with Crippen LogP contribution in [0.4, 0.5) is 4.39 Å². The number of hydrogen-bond donors (Lipinski definition) is 3. The van der Waals surface area contributed by atoms with Crippen LogP contribution in [0.25, 0.3) is 17.1 Å². The molecule has 0 saturated heterocycles. The topological polar surface area (TPSA) is 112 Å². The SMILES string of the molecule is CN(Cc1c(F)cccc1Cl)C(=O)c1cc(-c2nnc(O)n2-c2ccccc2Cl)c(O)cc1O. The predicted molar refractivity (Wildman–Crippen MR) is 124 cm³/mol. The molecular weight excluding hydrogens is 486 g/mol. The molecule has 1 heterocycles. The Labute approximate surface area is 203 Å².